The van der Waals surface area contributed by atoms with E-state index in [-0.39, 0.29) is 0 Å². The van der Waals surface area contributed by atoms with Gasteiger partial charge in [-0.1, -0.05) is 18.2 Å². The molecule has 1 aromatic carbocycles. The maximum absolute atomic E-state index is 11.0. The van der Waals surface area contributed by atoms with Gasteiger partial charge in [0, 0.05) is 5.56 Å². The molecule has 88 valence electrons. The molecule has 2 amide bonds. The van der Waals surface area contributed by atoms with E-state index in [1.165, 1.54) is 0 Å². The lowest BCUT2D eigenvalue weighted by atomic mass is 10.3. The minimum absolute atomic E-state index is 0.565. The number of para-hydroxylation sites is 1. The smallest absolute Gasteiger partial charge is 0.317 e. The van der Waals surface area contributed by atoms with Crippen LogP contribution in [0.5, 0.6) is 0 Å². The Balaban J connectivity index is 2.54. The van der Waals surface area contributed by atoms with Crippen LogP contribution < -0.4 is 11.1 Å². The van der Waals surface area contributed by atoms with Crippen LogP contribution in [0, 0.1) is 6.92 Å². The SMILES string of the molecule is Cc1c(Br)nn(-c2ccccc2)c1NC(N)=O. The Morgan fingerprint density at radius 1 is 1.41 bits per heavy atom. The van der Waals surface area contributed by atoms with Crippen molar-refractivity contribution in [2.75, 3.05) is 5.32 Å². The molecule has 5 nitrogen and oxygen atoms in total. The van der Waals surface area contributed by atoms with E-state index in [1.54, 1.807) is 4.68 Å². The van der Waals surface area contributed by atoms with Gasteiger partial charge >= 0.3 is 6.03 Å². The predicted molar refractivity (Wildman–Crippen MR) is 69.2 cm³/mol. The summed E-state index contributed by atoms with van der Waals surface area (Å²) < 4.78 is 2.30. The third-order valence-corrected chi connectivity index (χ3v) is 3.06. The number of halogens is 1. The number of nitrogens with zero attached hydrogens (tertiary/aromatic N) is 2. The molecule has 0 radical (unpaired) electrons. The van der Waals surface area contributed by atoms with Crippen LogP contribution in [0.2, 0.25) is 0 Å². The summed E-state index contributed by atoms with van der Waals surface area (Å²) >= 11 is 3.33. The molecule has 0 spiro atoms. The van der Waals surface area contributed by atoms with Gasteiger partial charge in [-0.2, -0.15) is 5.10 Å². The Morgan fingerprint density at radius 2 is 2.06 bits per heavy atom. The van der Waals surface area contributed by atoms with E-state index >= 15 is 0 Å². The van der Waals surface area contributed by atoms with Gasteiger partial charge in [0.2, 0.25) is 0 Å². The minimum atomic E-state index is -0.613. The molecule has 17 heavy (non-hydrogen) atoms. The number of primary amides is 1. The Kier molecular flexibility index (Phi) is 3.14. The van der Waals surface area contributed by atoms with Crippen molar-refractivity contribution in [1.82, 2.24) is 9.78 Å². The molecule has 2 aromatic rings. The van der Waals surface area contributed by atoms with Gasteiger partial charge in [0.15, 0.2) is 0 Å². The molecule has 0 aliphatic rings. The highest BCUT2D eigenvalue weighted by atomic mass is 79.9. The standard InChI is InChI=1S/C11H11BrN4O/c1-7-9(12)15-16(10(7)14-11(13)17)8-5-3-2-4-6-8/h2-6H,1H3,(H3,13,14,17). The van der Waals surface area contributed by atoms with Crippen LogP contribution in [0.3, 0.4) is 0 Å². The van der Waals surface area contributed by atoms with Crippen LogP contribution in [-0.4, -0.2) is 15.8 Å². The first-order valence-corrected chi connectivity index (χ1v) is 5.76. The van der Waals surface area contributed by atoms with E-state index < -0.39 is 6.03 Å². The van der Waals surface area contributed by atoms with Crippen LogP contribution in [-0.2, 0) is 0 Å². The lowest BCUT2D eigenvalue weighted by molar-refractivity contribution is 0.259. The van der Waals surface area contributed by atoms with Crippen molar-refractivity contribution in [1.29, 1.82) is 0 Å². The van der Waals surface area contributed by atoms with Crippen molar-refractivity contribution in [3.8, 4) is 5.69 Å². The summed E-state index contributed by atoms with van der Waals surface area (Å²) in [6.07, 6.45) is 0. The van der Waals surface area contributed by atoms with Crippen LogP contribution in [0.1, 0.15) is 5.56 Å². The van der Waals surface area contributed by atoms with E-state index in [9.17, 15) is 4.79 Å². The van der Waals surface area contributed by atoms with Gasteiger partial charge in [-0.15, -0.1) is 0 Å². The van der Waals surface area contributed by atoms with Gasteiger partial charge in [-0.05, 0) is 35.0 Å². The number of rotatable bonds is 2. The number of nitrogens with one attached hydrogen (secondary N) is 1. The molecule has 6 heteroatoms. The largest absolute Gasteiger partial charge is 0.351 e. The zero-order chi connectivity index (χ0) is 12.4. The molecule has 0 saturated carbocycles. The number of carbonyl (C=O) groups excluding carboxylic acids is 1. The Morgan fingerprint density at radius 3 is 2.65 bits per heavy atom. The summed E-state index contributed by atoms with van der Waals surface area (Å²) in [5, 5.41) is 6.87. The summed E-state index contributed by atoms with van der Waals surface area (Å²) in [6.45, 7) is 1.85. The second-order valence-corrected chi connectivity index (χ2v) is 4.25. The first kappa shape index (κ1) is 11.7. The zero-order valence-electron chi connectivity index (χ0n) is 9.14. The second kappa shape index (κ2) is 4.58. The molecule has 3 N–H and O–H groups in total. The van der Waals surface area contributed by atoms with E-state index in [4.69, 9.17) is 5.73 Å². The highest BCUT2D eigenvalue weighted by Crippen LogP contribution is 2.26. The van der Waals surface area contributed by atoms with E-state index in [0.29, 0.717) is 10.4 Å². The van der Waals surface area contributed by atoms with Crippen LogP contribution >= 0.6 is 15.9 Å². The summed E-state index contributed by atoms with van der Waals surface area (Å²) in [5.41, 5.74) is 6.82. The van der Waals surface area contributed by atoms with Gasteiger partial charge in [0.05, 0.1) is 5.69 Å². The van der Waals surface area contributed by atoms with E-state index in [2.05, 4.69) is 26.3 Å². The van der Waals surface area contributed by atoms with Crippen LogP contribution in [0.4, 0.5) is 10.6 Å². The maximum atomic E-state index is 11.0. The topological polar surface area (TPSA) is 72.9 Å². The number of amides is 2. The van der Waals surface area contributed by atoms with Gasteiger partial charge < -0.3 is 5.73 Å². The monoisotopic (exact) mass is 294 g/mol. The molecule has 1 heterocycles. The summed E-state index contributed by atoms with van der Waals surface area (Å²) in [4.78, 5) is 11.0. The lowest BCUT2D eigenvalue weighted by Gasteiger charge is -2.07. The number of benzene rings is 1. The number of hydrogen-bond donors (Lipinski definition) is 2. The number of hydrogen-bond acceptors (Lipinski definition) is 2. The minimum Gasteiger partial charge on any atom is -0.351 e. The Labute approximate surface area is 107 Å². The van der Waals surface area contributed by atoms with Crippen molar-refractivity contribution in [3.05, 3.63) is 40.5 Å². The normalized spacial score (nSPS) is 10.2. The number of anilines is 1. The molecule has 1 aromatic heterocycles. The summed E-state index contributed by atoms with van der Waals surface area (Å²) in [5.74, 6) is 0.565. The van der Waals surface area contributed by atoms with Crippen molar-refractivity contribution < 1.29 is 4.79 Å². The third-order valence-electron chi connectivity index (χ3n) is 2.31. The fraction of sp³-hybridized carbons (Fsp3) is 0.0909. The van der Waals surface area contributed by atoms with E-state index in [0.717, 1.165) is 11.3 Å². The number of carbonyl (C=O) groups is 1. The van der Waals surface area contributed by atoms with Gasteiger partial charge in [-0.25, -0.2) is 9.48 Å². The van der Waals surface area contributed by atoms with Gasteiger partial charge in [-0.3, -0.25) is 5.32 Å². The number of urea groups is 1. The molecule has 0 fully saturated rings. The zero-order valence-corrected chi connectivity index (χ0v) is 10.7. The predicted octanol–water partition coefficient (Wildman–Crippen LogP) is 2.43. The highest BCUT2D eigenvalue weighted by molar-refractivity contribution is 9.10. The average Bonchev–Trinajstić information content (AvgIpc) is 2.58. The van der Waals surface area contributed by atoms with Crippen LogP contribution in [0.25, 0.3) is 5.69 Å². The van der Waals surface area contributed by atoms with Gasteiger partial charge in [0.25, 0.3) is 0 Å². The Bertz CT molecular complexity index is 550. The van der Waals surface area contributed by atoms with Crippen molar-refractivity contribution in [3.63, 3.8) is 0 Å². The highest BCUT2D eigenvalue weighted by Gasteiger charge is 2.14. The molecule has 0 saturated heterocycles. The molecule has 0 unspecified atom stereocenters. The molecular formula is C11H11BrN4O. The average molecular weight is 295 g/mol. The summed E-state index contributed by atoms with van der Waals surface area (Å²) in [7, 11) is 0. The van der Waals surface area contributed by atoms with E-state index in [1.807, 2.05) is 37.3 Å². The maximum Gasteiger partial charge on any atom is 0.317 e. The Hall–Kier alpha value is -1.82. The lowest BCUT2D eigenvalue weighted by Crippen LogP contribution is -2.21. The quantitative estimate of drug-likeness (QED) is 0.893. The van der Waals surface area contributed by atoms with Gasteiger partial charge in [0.1, 0.15) is 10.4 Å². The van der Waals surface area contributed by atoms with Crippen molar-refractivity contribution >= 4 is 27.8 Å². The van der Waals surface area contributed by atoms with Crippen molar-refractivity contribution in [2.24, 2.45) is 5.73 Å². The molecule has 0 bridgehead atoms. The number of nitrogens with two attached hydrogens (primary N) is 1. The fourth-order valence-corrected chi connectivity index (χ4v) is 1.84. The fourth-order valence-electron chi connectivity index (χ4n) is 1.49. The summed E-state index contributed by atoms with van der Waals surface area (Å²) in [6, 6.07) is 8.88. The molecule has 0 aliphatic heterocycles. The van der Waals surface area contributed by atoms with Crippen LogP contribution in [0.15, 0.2) is 34.9 Å². The number of aromatic nitrogens is 2. The first-order chi connectivity index (χ1) is 8.09. The molecule has 0 atom stereocenters. The molecular weight excluding hydrogens is 284 g/mol. The third kappa shape index (κ3) is 2.31. The first-order valence-electron chi connectivity index (χ1n) is 4.96. The second-order valence-electron chi connectivity index (χ2n) is 3.50. The molecule has 0 aliphatic carbocycles. The molecule has 2 rings (SSSR count). The van der Waals surface area contributed by atoms with Crippen molar-refractivity contribution in [2.45, 2.75) is 6.92 Å².